The quantitative estimate of drug-likeness (QED) is 0.494. The molecule has 0 bridgehead atoms. The molecule has 31 heavy (non-hydrogen) atoms. The van der Waals surface area contributed by atoms with Gasteiger partial charge in [0.1, 0.15) is 5.75 Å². The fourth-order valence-corrected chi connectivity index (χ4v) is 3.34. The minimum absolute atomic E-state index is 0.798. The Labute approximate surface area is 183 Å². The molecule has 0 amide bonds. The second kappa shape index (κ2) is 13.4. The highest BCUT2D eigenvalue weighted by Crippen LogP contribution is 2.15. The Balaban J connectivity index is 0.000000501. The molecule has 1 saturated heterocycles. The molecule has 7 nitrogen and oxygen atoms in total. The van der Waals surface area contributed by atoms with E-state index in [1.165, 1.54) is 43.9 Å². The summed E-state index contributed by atoms with van der Waals surface area (Å²) in [7, 11) is 0. The Morgan fingerprint density at radius 2 is 1.39 bits per heavy atom. The van der Waals surface area contributed by atoms with Crippen LogP contribution in [0, 0.1) is 0 Å². The van der Waals surface area contributed by atoms with Gasteiger partial charge in [0.05, 0.1) is 6.61 Å². The zero-order valence-corrected chi connectivity index (χ0v) is 18.1. The molecular weight excluding hydrogens is 396 g/mol. The first kappa shape index (κ1) is 24.4. The SMILES string of the molecule is CCN1CCN(CCCOc2ccc(Cc3ccccc3)cc2)CC1.O=C(O)C(=O)O. The van der Waals surface area contributed by atoms with Gasteiger partial charge in [-0.05, 0) is 42.6 Å². The number of benzene rings is 2. The minimum Gasteiger partial charge on any atom is -0.494 e. The molecule has 0 radical (unpaired) electrons. The standard InChI is InChI=1S/C22H30N2O.C2H2O4/c1-2-23-14-16-24(17-15-23)13-6-18-25-22-11-9-21(10-12-22)19-20-7-4-3-5-8-20;3-1(4)2(5)6/h3-5,7-12H,2,6,13-19H2,1H3;(H,3,4)(H,5,6). The van der Waals surface area contributed by atoms with Crippen molar-refractivity contribution in [3.8, 4) is 5.75 Å². The van der Waals surface area contributed by atoms with Crippen LogP contribution in [0.3, 0.4) is 0 Å². The van der Waals surface area contributed by atoms with Crippen LogP contribution in [0.1, 0.15) is 24.5 Å². The Morgan fingerprint density at radius 3 is 1.94 bits per heavy atom. The molecule has 7 heteroatoms. The lowest BCUT2D eigenvalue weighted by Crippen LogP contribution is -2.46. The van der Waals surface area contributed by atoms with Gasteiger partial charge < -0.3 is 24.7 Å². The third-order valence-electron chi connectivity index (χ3n) is 5.16. The summed E-state index contributed by atoms with van der Waals surface area (Å²) >= 11 is 0. The molecule has 0 saturated carbocycles. The first-order chi connectivity index (χ1) is 15.0. The van der Waals surface area contributed by atoms with Gasteiger partial charge in [-0.3, -0.25) is 0 Å². The summed E-state index contributed by atoms with van der Waals surface area (Å²) < 4.78 is 5.91. The molecule has 0 aliphatic carbocycles. The summed E-state index contributed by atoms with van der Waals surface area (Å²) in [6.45, 7) is 10.2. The zero-order chi connectivity index (χ0) is 22.5. The molecule has 3 rings (SSSR count). The number of likely N-dealkylation sites (N-methyl/N-ethyl adjacent to an activating group) is 1. The third-order valence-corrected chi connectivity index (χ3v) is 5.16. The highest BCUT2D eigenvalue weighted by Gasteiger charge is 2.14. The summed E-state index contributed by atoms with van der Waals surface area (Å²) in [6, 6.07) is 19.1. The van der Waals surface area contributed by atoms with Crippen LogP contribution in [-0.2, 0) is 16.0 Å². The molecular formula is C24H32N2O5. The third kappa shape index (κ3) is 9.63. The zero-order valence-electron chi connectivity index (χ0n) is 18.1. The molecule has 0 unspecified atom stereocenters. The van der Waals surface area contributed by atoms with Gasteiger partial charge in [0.25, 0.3) is 0 Å². The van der Waals surface area contributed by atoms with E-state index in [1.54, 1.807) is 0 Å². The predicted octanol–water partition coefficient (Wildman–Crippen LogP) is 2.84. The Hall–Kier alpha value is -2.90. The minimum atomic E-state index is -1.82. The number of carbonyl (C=O) groups is 2. The average Bonchev–Trinajstić information content (AvgIpc) is 2.79. The Bertz CT molecular complexity index is 775. The van der Waals surface area contributed by atoms with E-state index in [4.69, 9.17) is 24.5 Å². The fraction of sp³-hybridized carbons (Fsp3) is 0.417. The summed E-state index contributed by atoms with van der Waals surface area (Å²) in [5.74, 6) is -2.67. The van der Waals surface area contributed by atoms with Crippen LogP contribution >= 0.6 is 0 Å². The Morgan fingerprint density at radius 1 is 0.839 bits per heavy atom. The highest BCUT2D eigenvalue weighted by molar-refractivity contribution is 6.27. The van der Waals surface area contributed by atoms with Crippen LogP contribution in [0.4, 0.5) is 0 Å². The van der Waals surface area contributed by atoms with Crippen molar-refractivity contribution >= 4 is 11.9 Å². The van der Waals surface area contributed by atoms with Crippen molar-refractivity contribution in [3.05, 3.63) is 65.7 Å². The molecule has 168 valence electrons. The van der Waals surface area contributed by atoms with E-state index in [0.29, 0.717) is 0 Å². The molecule has 1 aliphatic rings. The van der Waals surface area contributed by atoms with Crippen molar-refractivity contribution < 1.29 is 24.5 Å². The van der Waals surface area contributed by atoms with Gasteiger partial charge >= 0.3 is 11.9 Å². The number of hydrogen-bond donors (Lipinski definition) is 2. The molecule has 0 spiro atoms. The smallest absolute Gasteiger partial charge is 0.414 e. The van der Waals surface area contributed by atoms with E-state index in [1.807, 2.05) is 0 Å². The Kier molecular flexibility index (Phi) is 10.5. The number of carboxylic acid groups (broad SMARTS) is 2. The highest BCUT2D eigenvalue weighted by atomic mass is 16.5. The number of nitrogens with zero attached hydrogens (tertiary/aromatic N) is 2. The van der Waals surface area contributed by atoms with Gasteiger partial charge in [-0.2, -0.15) is 0 Å². The van der Waals surface area contributed by atoms with Crippen LogP contribution in [0.25, 0.3) is 0 Å². The van der Waals surface area contributed by atoms with Crippen LogP contribution < -0.4 is 4.74 Å². The number of aliphatic carboxylic acids is 2. The van der Waals surface area contributed by atoms with Gasteiger partial charge in [-0.25, -0.2) is 9.59 Å². The van der Waals surface area contributed by atoms with Gasteiger partial charge in [-0.1, -0.05) is 49.4 Å². The van der Waals surface area contributed by atoms with Crippen LogP contribution in [0.5, 0.6) is 5.75 Å². The van der Waals surface area contributed by atoms with E-state index >= 15 is 0 Å². The normalized spacial score (nSPS) is 14.4. The van der Waals surface area contributed by atoms with Crippen molar-refractivity contribution in [3.63, 3.8) is 0 Å². The monoisotopic (exact) mass is 428 g/mol. The van der Waals surface area contributed by atoms with E-state index in [0.717, 1.165) is 31.7 Å². The van der Waals surface area contributed by atoms with Gasteiger partial charge in [0.2, 0.25) is 0 Å². The molecule has 1 fully saturated rings. The number of rotatable bonds is 8. The van der Waals surface area contributed by atoms with Gasteiger partial charge in [0, 0.05) is 32.7 Å². The second-order valence-electron chi connectivity index (χ2n) is 7.39. The van der Waals surface area contributed by atoms with E-state index in [2.05, 4.69) is 71.3 Å². The average molecular weight is 429 g/mol. The lowest BCUT2D eigenvalue weighted by Gasteiger charge is -2.33. The van der Waals surface area contributed by atoms with Gasteiger partial charge in [-0.15, -0.1) is 0 Å². The number of carboxylic acids is 2. The summed E-state index contributed by atoms with van der Waals surface area (Å²) in [5, 5.41) is 14.8. The van der Waals surface area contributed by atoms with E-state index in [9.17, 15) is 0 Å². The first-order valence-corrected chi connectivity index (χ1v) is 10.6. The molecule has 1 aliphatic heterocycles. The molecule has 2 N–H and O–H groups in total. The van der Waals surface area contributed by atoms with Crippen molar-refractivity contribution in [2.24, 2.45) is 0 Å². The predicted molar refractivity (Wildman–Crippen MR) is 120 cm³/mol. The maximum absolute atomic E-state index is 9.10. The number of hydrogen-bond acceptors (Lipinski definition) is 5. The van der Waals surface area contributed by atoms with Crippen molar-refractivity contribution in [1.82, 2.24) is 9.80 Å². The largest absolute Gasteiger partial charge is 0.494 e. The molecule has 0 atom stereocenters. The van der Waals surface area contributed by atoms with Crippen LogP contribution in [0.2, 0.25) is 0 Å². The van der Waals surface area contributed by atoms with E-state index < -0.39 is 11.9 Å². The van der Waals surface area contributed by atoms with E-state index in [-0.39, 0.29) is 0 Å². The van der Waals surface area contributed by atoms with Crippen molar-refractivity contribution in [2.75, 3.05) is 45.9 Å². The van der Waals surface area contributed by atoms with Gasteiger partial charge in [0.15, 0.2) is 0 Å². The lowest BCUT2D eigenvalue weighted by molar-refractivity contribution is -0.159. The number of piperazine rings is 1. The van der Waals surface area contributed by atoms with Crippen LogP contribution in [0.15, 0.2) is 54.6 Å². The lowest BCUT2D eigenvalue weighted by atomic mass is 10.1. The summed E-state index contributed by atoms with van der Waals surface area (Å²) in [6.07, 6.45) is 2.07. The molecule has 2 aromatic rings. The summed E-state index contributed by atoms with van der Waals surface area (Å²) in [4.78, 5) is 23.3. The fourth-order valence-electron chi connectivity index (χ4n) is 3.34. The first-order valence-electron chi connectivity index (χ1n) is 10.6. The molecule has 2 aromatic carbocycles. The van der Waals surface area contributed by atoms with Crippen molar-refractivity contribution in [2.45, 2.75) is 19.8 Å². The molecule has 1 heterocycles. The number of ether oxygens (including phenoxy) is 1. The topological polar surface area (TPSA) is 90.3 Å². The van der Waals surface area contributed by atoms with Crippen molar-refractivity contribution in [1.29, 1.82) is 0 Å². The molecule has 0 aromatic heterocycles. The maximum atomic E-state index is 9.10. The summed E-state index contributed by atoms with van der Waals surface area (Å²) in [5.41, 5.74) is 2.67. The maximum Gasteiger partial charge on any atom is 0.414 e. The van der Waals surface area contributed by atoms with Crippen LogP contribution in [-0.4, -0.2) is 77.8 Å². The second-order valence-corrected chi connectivity index (χ2v) is 7.39.